The molecule has 1 amide bonds. The van der Waals surface area contributed by atoms with Gasteiger partial charge < -0.3 is 14.7 Å². The molecule has 0 spiro atoms. The van der Waals surface area contributed by atoms with Crippen LogP contribution >= 0.6 is 11.6 Å². The molecule has 5 nitrogen and oxygen atoms in total. The lowest BCUT2D eigenvalue weighted by Gasteiger charge is -2.36. The van der Waals surface area contributed by atoms with Crippen LogP contribution in [-0.2, 0) is 14.3 Å². The maximum atomic E-state index is 12.8. The van der Waals surface area contributed by atoms with Crippen LogP contribution in [0.2, 0.25) is 5.02 Å². The van der Waals surface area contributed by atoms with Crippen molar-refractivity contribution in [1.29, 1.82) is 0 Å². The predicted molar refractivity (Wildman–Crippen MR) is 89.8 cm³/mol. The Morgan fingerprint density at radius 2 is 1.88 bits per heavy atom. The number of ether oxygens (including phenoxy) is 1. The molecule has 0 radical (unpaired) electrons. The second-order valence-electron chi connectivity index (χ2n) is 6.59. The van der Waals surface area contributed by atoms with Gasteiger partial charge >= 0.3 is 5.97 Å². The van der Waals surface area contributed by atoms with E-state index in [1.807, 2.05) is 29.2 Å². The molecule has 130 valence electrons. The van der Waals surface area contributed by atoms with Crippen LogP contribution in [0.25, 0.3) is 0 Å². The molecule has 1 aliphatic heterocycles. The van der Waals surface area contributed by atoms with Crippen molar-refractivity contribution in [3.05, 3.63) is 34.9 Å². The lowest BCUT2D eigenvalue weighted by Crippen LogP contribution is -2.45. The van der Waals surface area contributed by atoms with Crippen molar-refractivity contribution >= 4 is 23.5 Å². The molecule has 6 heteroatoms. The number of carbonyl (C=O) groups excluding carboxylic acids is 1. The van der Waals surface area contributed by atoms with Gasteiger partial charge in [-0.05, 0) is 43.4 Å². The van der Waals surface area contributed by atoms with Gasteiger partial charge in [-0.15, -0.1) is 0 Å². The highest BCUT2D eigenvalue weighted by atomic mass is 35.5. The molecular formula is C18H22ClNO4. The average Bonchev–Trinajstić information content (AvgIpc) is 2.61. The zero-order chi connectivity index (χ0) is 17.1. The van der Waals surface area contributed by atoms with Crippen LogP contribution < -0.4 is 0 Å². The third-order valence-electron chi connectivity index (χ3n) is 5.02. The lowest BCUT2D eigenvalue weighted by molar-refractivity contribution is -0.148. The zero-order valence-corrected chi connectivity index (χ0v) is 14.2. The average molecular weight is 352 g/mol. The quantitative estimate of drug-likeness (QED) is 0.908. The van der Waals surface area contributed by atoms with Crippen molar-refractivity contribution in [2.24, 2.45) is 11.8 Å². The first-order valence-electron chi connectivity index (χ1n) is 8.43. The minimum Gasteiger partial charge on any atom is -0.481 e. The Morgan fingerprint density at radius 1 is 1.17 bits per heavy atom. The number of benzene rings is 1. The van der Waals surface area contributed by atoms with Crippen LogP contribution in [0.5, 0.6) is 0 Å². The van der Waals surface area contributed by atoms with E-state index in [4.69, 9.17) is 21.4 Å². The normalized spacial score (nSPS) is 27.7. The summed E-state index contributed by atoms with van der Waals surface area (Å²) in [6.07, 6.45) is 2.35. The molecule has 1 aliphatic carbocycles. The molecule has 2 aliphatic rings. The number of morpholine rings is 1. The highest BCUT2D eigenvalue weighted by molar-refractivity contribution is 6.30. The summed E-state index contributed by atoms with van der Waals surface area (Å²) in [6.45, 7) is 1.63. The highest BCUT2D eigenvalue weighted by Crippen LogP contribution is 2.32. The third kappa shape index (κ3) is 3.90. The minimum atomic E-state index is -0.742. The maximum Gasteiger partial charge on any atom is 0.306 e. The van der Waals surface area contributed by atoms with Crippen molar-refractivity contribution in [2.75, 3.05) is 19.7 Å². The number of carboxylic acid groups (broad SMARTS) is 1. The number of rotatable bonds is 3. The van der Waals surface area contributed by atoms with Crippen molar-refractivity contribution in [2.45, 2.75) is 31.8 Å². The van der Waals surface area contributed by atoms with E-state index < -0.39 is 5.97 Å². The number of halogens is 1. The van der Waals surface area contributed by atoms with Crippen LogP contribution in [-0.4, -0.2) is 41.6 Å². The van der Waals surface area contributed by atoms with Crippen LogP contribution in [0.1, 0.15) is 37.4 Å². The first-order valence-corrected chi connectivity index (χ1v) is 8.81. The summed E-state index contributed by atoms with van der Waals surface area (Å²) >= 11 is 6.04. The zero-order valence-electron chi connectivity index (χ0n) is 13.5. The number of aliphatic carboxylic acids is 1. The summed E-state index contributed by atoms with van der Waals surface area (Å²) in [5.41, 5.74) is 0.981. The van der Waals surface area contributed by atoms with Gasteiger partial charge in [0.2, 0.25) is 5.91 Å². The first-order chi connectivity index (χ1) is 11.5. The van der Waals surface area contributed by atoms with Gasteiger partial charge in [0.05, 0.1) is 19.1 Å². The van der Waals surface area contributed by atoms with E-state index in [1.54, 1.807) is 0 Å². The monoisotopic (exact) mass is 351 g/mol. The summed E-state index contributed by atoms with van der Waals surface area (Å²) in [5.74, 6) is -0.959. The van der Waals surface area contributed by atoms with E-state index in [-0.39, 0.29) is 23.8 Å². The topological polar surface area (TPSA) is 66.8 Å². The molecule has 1 atom stereocenters. The number of hydrogen-bond acceptors (Lipinski definition) is 3. The number of amides is 1. The van der Waals surface area contributed by atoms with E-state index in [1.165, 1.54) is 0 Å². The summed E-state index contributed by atoms with van der Waals surface area (Å²) in [7, 11) is 0. The molecule has 1 aromatic rings. The Bertz CT molecular complexity index is 613. The van der Waals surface area contributed by atoms with Gasteiger partial charge in [0.1, 0.15) is 6.10 Å². The van der Waals surface area contributed by atoms with Gasteiger partial charge in [0, 0.05) is 17.5 Å². The van der Waals surface area contributed by atoms with E-state index in [9.17, 15) is 9.59 Å². The van der Waals surface area contributed by atoms with E-state index in [0.29, 0.717) is 50.4 Å². The second-order valence-corrected chi connectivity index (χ2v) is 7.02. The summed E-state index contributed by atoms with van der Waals surface area (Å²) < 4.78 is 5.81. The predicted octanol–water partition coefficient (Wildman–Crippen LogP) is 3.13. The number of nitrogens with zero attached hydrogens (tertiary/aromatic N) is 1. The molecule has 1 saturated heterocycles. The van der Waals surface area contributed by atoms with E-state index >= 15 is 0 Å². The Morgan fingerprint density at radius 3 is 2.54 bits per heavy atom. The molecule has 0 bridgehead atoms. The third-order valence-corrected chi connectivity index (χ3v) is 5.26. The van der Waals surface area contributed by atoms with Gasteiger partial charge in [-0.3, -0.25) is 9.59 Å². The smallest absolute Gasteiger partial charge is 0.306 e. The fraction of sp³-hybridized carbons (Fsp3) is 0.556. The molecule has 1 aromatic carbocycles. The standard InChI is InChI=1S/C18H22ClNO4/c19-15-3-1-2-14(10-15)16-11-20(8-9-24-16)17(21)12-4-6-13(7-5-12)18(22)23/h1-3,10,12-13,16H,4-9,11H2,(H,22,23). The lowest BCUT2D eigenvalue weighted by atomic mass is 9.81. The fourth-order valence-electron chi connectivity index (χ4n) is 3.60. The van der Waals surface area contributed by atoms with Gasteiger partial charge in [-0.1, -0.05) is 23.7 Å². The number of hydrogen-bond donors (Lipinski definition) is 1. The number of carbonyl (C=O) groups is 2. The molecule has 1 N–H and O–H groups in total. The van der Waals surface area contributed by atoms with Crippen molar-refractivity contribution in [3.63, 3.8) is 0 Å². The molecule has 24 heavy (non-hydrogen) atoms. The van der Waals surface area contributed by atoms with Crippen molar-refractivity contribution < 1.29 is 19.4 Å². The summed E-state index contributed by atoms with van der Waals surface area (Å²) in [6, 6.07) is 7.54. The molecular weight excluding hydrogens is 330 g/mol. The van der Waals surface area contributed by atoms with Crippen LogP contribution in [0.15, 0.2) is 24.3 Å². The molecule has 3 rings (SSSR count). The van der Waals surface area contributed by atoms with Gasteiger partial charge in [0.15, 0.2) is 0 Å². The Balaban J connectivity index is 1.60. The second kappa shape index (κ2) is 7.53. The molecule has 1 heterocycles. The largest absolute Gasteiger partial charge is 0.481 e. The van der Waals surface area contributed by atoms with E-state index in [0.717, 1.165) is 5.56 Å². The molecule has 2 fully saturated rings. The molecule has 1 saturated carbocycles. The Hall–Kier alpha value is -1.59. The number of carboxylic acids is 1. The van der Waals surface area contributed by atoms with Crippen LogP contribution in [0, 0.1) is 11.8 Å². The first kappa shape index (κ1) is 17.2. The van der Waals surface area contributed by atoms with Crippen molar-refractivity contribution in [1.82, 2.24) is 4.90 Å². The fourth-order valence-corrected chi connectivity index (χ4v) is 3.80. The van der Waals surface area contributed by atoms with Crippen molar-refractivity contribution in [3.8, 4) is 0 Å². The highest BCUT2D eigenvalue weighted by Gasteiger charge is 2.34. The van der Waals surface area contributed by atoms with Gasteiger partial charge in [-0.2, -0.15) is 0 Å². The minimum absolute atomic E-state index is 0.0567. The molecule has 1 unspecified atom stereocenters. The van der Waals surface area contributed by atoms with Crippen LogP contribution in [0.4, 0.5) is 0 Å². The van der Waals surface area contributed by atoms with Gasteiger partial charge in [-0.25, -0.2) is 0 Å². The van der Waals surface area contributed by atoms with Gasteiger partial charge in [0.25, 0.3) is 0 Å². The Labute approximate surface area is 146 Å². The SMILES string of the molecule is O=C(O)C1CCC(C(=O)N2CCOC(c3cccc(Cl)c3)C2)CC1. The summed E-state index contributed by atoms with van der Waals surface area (Å²) in [5, 5.41) is 9.73. The van der Waals surface area contributed by atoms with Crippen LogP contribution in [0.3, 0.4) is 0 Å². The molecule has 0 aromatic heterocycles. The van der Waals surface area contributed by atoms with E-state index in [2.05, 4.69) is 0 Å². The maximum absolute atomic E-state index is 12.8. The Kier molecular flexibility index (Phi) is 5.41. The summed E-state index contributed by atoms with van der Waals surface area (Å²) in [4.78, 5) is 25.7.